The fraction of sp³-hybridized carbons (Fsp3) is 0.421. The summed E-state index contributed by atoms with van der Waals surface area (Å²) in [4.78, 5) is 1.90. The van der Waals surface area contributed by atoms with Gasteiger partial charge < -0.3 is 10.6 Å². The van der Waals surface area contributed by atoms with Crippen molar-refractivity contribution in [3.8, 4) is 0 Å². The van der Waals surface area contributed by atoms with Gasteiger partial charge in [-0.25, -0.2) is 0 Å². The first-order valence-corrected chi connectivity index (χ1v) is 9.24. The molecule has 146 valence electrons. The minimum Gasteiger partial charge on any atom is -0.355 e. The van der Waals surface area contributed by atoms with Gasteiger partial charge >= 0.3 is 6.18 Å². The van der Waals surface area contributed by atoms with E-state index < -0.39 is 11.7 Å². The molecule has 1 spiro atoms. The quantitative estimate of drug-likeness (QED) is 0.694. The molecular formula is C19H19F3N6. The molecule has 2 aromatic heterocycles. The summed E-state index contributed by atoms with van der Waals surface area (Å²) in [6.07, 6.45) is -0.774. The molecule has 6 nitrogen and oxygen atoms in total. The van der Waals surface area contributed by atoms with Crippen LogP contribution < -0.4 is 10.6 Å². The number of fused-ring (bicyclic) bond motifs is 2. The van der Waals surface area contributed by atoms with E-state index in [9.17, 15) is 13.2 Å². The predicted molar refractivity (Wildman–Crippen MR) is 96.7 cm³/mol. The molecule has 3 heterocycles. The summed E-state index contributed by atoms with van der Waals surface area (Å²) in [6.45, 7) is 1.22. The third kappa shape index (κ3) is 2.56. The summed E-state index contributed by atoms with van der Waals surface area (Å²) >= 11 is 0. The zero-order chi connectivity index (χ0) is 19.5. The highest BCUT2D eigenvalue weighted by atomic mass is 19.4. The molecule has 3 aromatic rings. The number of nitrogens with two attached hydrogens (primary N) is 1. The Morgan fingerprint density at radius 3 is 2.61 bits per heavy atom. The number of rotatable bonds is 1. The first-order valence-electron chi connectivity index (χ1n) is 9.24. The molecule has 28 heavy (non-hydrogen) atoms. The molecule has 1 saturated heterocycles. The second-order valence-electron chi connectivity index (χ2n) is 7.72. The van der Waals surface area contributed by atoms with Crippen molar-refractivity contribution in [1.29, 1.82) is 0 Å². The molecule has 1 atom stereocenters. The topological polar surface area (TPSA) is 72.3 Å². The number of halogens is 3. The van der Waals surface area contributed by atoms with Crippen LogP contribution in [0.5, 0.6) is 0 Å². The van der Waals surface area contributed by atoms with Gasteiger partial charge in [0, 0.05) is 19.1 Å². The Morgan fingerprint density at radius 1 is 1.14 bits per heavy atom. The average molecular weight is 388 g/mol. The average Bonchev–Trinajstić information content (AvgIpc) is 3.24. The Hall–Kier alpha value is -2.68. The predicted octanol–water partition coefficient (Wildman–Crippen LogP) is 2.99. The van der Waals surface area contributed by atoms with Crippen LogP contribution in [0.2, 0.25) is 0 Å². The van der Waals surface area contributed by atoms with Crippen LogP contribution in [-0.4, -0.2) is 32.9 Å². The van der Waals surface area contributed by atoms with Gasteiger partial charge in [-0.05, 0) is 41.9 Å². The summed E-state index contributed by atoms with van der Waals surface area (Å²) in [5.41, 5.74) is 7.92. The van der Waals surface area contributed by atoms with Crippen molar-refractivity contribution >= 4 is 11.5 Å². The highest BCUT2D eigenvalue weighted by Gasteiger charge is 2.46. The van der Waals surface area contributed by atoms with Crippen molar-refractivity contribution in [2.24, 2.45) is 11.1 Å². The lowest BCUT2D eigenvalue weighted by Gasteiger charge is -2.42. The first-order chi connectivity index (χ1) is 13.4. The van der Waals surface area contributed by atoms with Gasteiger partial charge in [0.2, 0.25) is 0 Å². The van der Waals surface area contributed by atoms with E-state index in [0.29, 0.717) is 18.9 Å². The number of hydrogen-bond acceptors (Lipinski definition) is 5. The van der Waals surface area contributed by atoms with Crippen LogP contribution in [0.1, 0.15) is 35.6 Å². The maximum Gasteiger partial charge on any atom is 0.420 e. The lowest BCUT2D eigenvalue weighted by Crippen LogP contribution is -2.44. The smallest absolute Gasteiger partial charge is 0.355 e. The molecule has 2 N–H and O–H groups in total. The van der Waals surface area contributed by atoms with Crippen LogP contribution in [0.15, 0.2) is 36.7 Å². The van der Waals surface area contributed by atoms with Gasteiger partial charge in [0.05, 0.1) is 0 Å². The molecule has 1 aromatic carbocycles. The summed E-state index contributed by atoms with van der Waals surface area (Å²) in [7, 11) is 0. The van der Waals surface area contributed by atoms with Crippen LogP contribution in [0.4, 0.5) is 19.0 Å². The molecule has 9 heteroatoms. The molecule has 0 radical (unpaired) electrons. The van der Waals surface area contributed by atoms with E-state index in [1.54, 1.807) is 0 Å². The second-order valence-corrected chi connectivity index (χ2v) is 7.72. The SMILES string of the molecule is N[C@@H]1c2ccccc2CC12CCN(c1cc(C(F)(F)F)c3nncn3n1)CC2. The summed E-state index contributed by atoms with van der Waals surface area (Å²) < 4.78 is 41.4. The highest BCUT2D eigenvalue weighted by Crippen LogP contribution is 2.51. The molecule has 2 aliphatic rings. The zero-order valence-electron chi connectivity index (χ0n) is 15.0. The first kappa shape index (κ1) is 17.4. The van der Waals surface area contributed by atoms with Crippen molar-refractivity contribution in [3.63, 3.8) is 0 Å². The molecule has 0 amide bonds. The third-order valence-corrected chi connectivity index (χ3v) is 6.24. The van der Waals surface area contributed by atoms with Crippen molar-refractivity contribution < 1.29 is 13.2 Å². The summed E-state index contributed by atoms with van der Waals surface area (Å²) in [6, 6.07) is 9.27. The highest BCUT2D eigenvalue weighted by molar-refractivity contribution is 5.54. The van der Waals surface area contributed by atoms with Gasteiger partial charge in [-0.1, -0.05) is 24.3 Å². The van der Waals surface area contributed by atoms with Gasteiger partial charge in [-0.2, -0.15) is 17.7 Å². The van der Waals surface area contributed by atoms with Gasteiger partial charge in [0.1, 0.15) is 17.7 Å². The number of piperidine rings is 1. The summed E-state index contributed by atoms with van der Waals surface area (Å²) in [5, 5.41) is 11.4. The van der Waals surface area contributed by atoms with Gasteiger partial charge in [-0.15, -0.1) is 15.3 Å². The molecule has 0 unspecified atom stereocenters. The van der Waals surface area contributed by atoms with E-state index >= 15 is 0 Å². The van der Waals surface area contributed by atoms with Crippen molar-refractivity contribution in [2.45, 2.75) is 31.5 Å². The van der Waals surface area contributed by atoms with E-state index in [-0.39, 0.29) is 17.1 Å². The molecular weight excluding hydrogens is 369 g/mol. The van der Waals surface area contributed by atoms with Gasteiger partial charge in [0.25, 0.3) is 0 Å². The Balaban J connectivity index is 1.42. The summed E-state index contributed by atoms with van der Waals surface area (Å²) in [5.74, 6) is 0.290. The Kier molecular flexibility index (Phi) is 3.67. The van der Waals surface area contributed by atoms with E-state index in [0.717, 1.165) is 29.8 Å². The molecule has 0 bridgehead atoms. The van der Waals surface area contributed by atoms with Crippen molar-refractivity contribution in [1.82, 2.24) is 19.8 Å². The molecule has 1 aliphatic carbocycles. The largest absolute Gasteiger partial charge is 0.420 e. The third-order valence-electron chi connectivity index (χ3n) is 6.24. The Morgan fingerprint density at radius 2 is 1.89 bits per heavy atom. The zero-order valence-corrected chi connectivity index (χ0v) is 15.0. The number of aromatic nitrogens is 4. The minimum atomic E-state index is -4.52. The minimum absolute atomic E-state index is 0.0340. The Labute approximate surface area is 159 Å². The number of benzene rings is 1. The normalized spacial score (nSPS) is 21.4. The van der Waals surface area contributed by atoms with E-state index in [2.05, 4.69) is 27.4 Å². The van der Waals surface area contributed by atoms with E-state index in [1.807, 2.05) is 17.0 Å². The fourth-order valence-corrected chi connectivity index (χ4v) is 4.66. The second kappa shape index (κ2) is 5.91. The fourth-order valence-electron chi connectivity index (χ4n) is 4.66. The molecule has 1 fully saturated rings. The molecule has 1 aliphatic heterocycles. The van der Waals surface area contributed by atoms with Gasteiger partial charge in [-0.3, -0.25) is 0 Å². The lowest BCUT2D eigenvalue weighted by atomic mass is 9.73. The van der Waals surface area contributed by atoms with Crippen LogP contribution in [0, 0.1) is 5.41 Å². The van der Waals surface area contributed by atoms with Crippen molar-refractivity contribution in [2.75, 3.05) is 18.0 Å². The van der Waals surface area contributed by atoms with Crippen LogP contribution in [0.25, 0.3) is 5.65 Å². The van der Waals surface area contributed by atoms with Crippen molar-refractivity contribution in [3.05, 3.63) is 53.3 Å². The maximum absolute atomic E-state index is 13.4. The standard InChI is InChI=1S/C19H19F3N6/c20-19(21,22)14-9-15(26-28-11-24-25-17(14)28)27-7-5-18(6-8-27)10-12-3-1-2-4-13(12)16(18)23/h1-4,9,11,16H,5-8,10,23H2/t16-/m1/s1. The molecule has 0 saturated carbocycles. The number of anilines is 1. The number of hydrogen-bond donors (Lipinski definition) is 1. The van der Waals surface area contributed by atoms with E-state index in [1.165, 1.54) is 17.5 Å². The van der Waals surface area contributed by atoms with Crippen LogP contribution in [0.3, 0.4) is 0 Å². The monoisotopic (exact) mass is 388 g/mol. The van der Waals surface area contributed by atoms with Crippen LogP contribution in [-0.2, 0) is 12.6 Å². The van der Waals surface area contributed by atoms with E-state index in [4.69, 9.17) is 5.73 Å². The van der Waals surface area contributed by atoms with Gasteiger partial charge in [0.15, 0.2) is 5.65 Å². The van der Waals surface area contributed by atoms with Crippen LogP contribution >= 0.6 is 0 Å². The maximum atomic E-state index is 13.4. The Bertz CT molecular complexity index is 1040. The number of alkyl halides is 3. The lowest BCUT2D eigenvalue weighted by molar-refractivity contribution is -0.136. The molecule has 5 rings (SSSR count). The number of nitrogens with zero attached hydrogens (tertiary/aromatic N) is 5.